The Labute approximate surface area is 348 Å². The fourth-order valence-electron chi connectivity index (χ4n) is 10.1. The molecule has 2 aliphatic carbocycles. The molecule has 0 radical (unpaired) electrons. The maximum Gasteiger partial charge on any atom is 0.262 e. The highest BCUT2D eigenvalue weighted by Crippen LogP contribution is 2.51. The van der Waals surface area contributed by atoms with Crippen LogP contribution in [0.2, 0.25) is 0 Å². The number of fused-ring (bicyclic) bond motifs is 4. The molecule has 1 spiro atoms. The number of ether oxygens (including phenoxy) is 2. The van der Waals surface area contributed by atoms with Crippen LogP contribution in [0.1, 0.15) is 78.5 Å². The van der Waals surface area contributed by atoms with E-state index in [-0.39, 0.29) is 28.6 Å². The molecule has 5 aromatic rings. The molecule has 60 heavy (non-hydrogen) atoms. The summed E-state index contributed by atoms with van der Waals surface area (Å²) in [5.41, 5.74) is 5.87. The molecule has 13 nitrogen and oxygen atoms in total. The highest BCUT2D eigenvalue weighted by atomic mass is 16.5. The van der Waals surface area contributed by atoms with Crippen molar-refractivity contribution in [1.82, 2.24) is 34.6 Å². The standard InChI is InChI=1S/C47H49N7O6/c1-28-7-13-40(44(56)50-28)54-45(57)36-12-10-33(21-37(36)46(54)58)59-17-5-4-6-43(55)53-26-47(27-53)22-32(23-47)51(2)31-19-34(20-31)60-42-14-9-30(24-49-42)29-8-11-35-38-25-48-16-15-39(38)52(3)41(35)18-29/h8-12,14-16,18,21,24-25,31-32,34,40H,1,4-7,13,17,19-20,22-23,26-27H2,2-3H3,(H,50,56). The number of unbranched alkanes of at least 4 members (excludes halogenated alkanes) is 1. The quantitative estimate of drug-likeness (QED) is 0.114. The molecule has 5 aliphatic rings. The number of carbonyl (C=O) groups is 4. The summed E-state index contributed by atoms with van der Waals surface area (Å²) < 4.78 is 14.4. The van der Waals surface area contributed by atoms with Gasteiger partial charge in [0.15, 0.2) is 0 Å². The number of hydrogen-bond donors (Lipinski definition) is 1. The molecule has 2 saturated heterocycles. The lowest BCUT2D eigenvalue weighted by atomic mass is 9.59. The molecule has 4 fully saturated rings. The monoisotopic (exact) mass is 807 g/mol. The van der Waals surface area contributed by atoms with Crippen molar-refractivity contribution in [2.24, 2.45) is 12.5 Å². The van der Waals surface area contributed by atoms with E-state index in [0.717, 1.165) is 60.2 Å². The number of nitrogens with zero attached hydrogens (tertiary/aromatic N) is 6. The van der Waals surface area contributed by atoms with Crippen molar-refractivity contribution in [2.75, 3.05) is 26.7 Å². The summed E-state index contributed by atoms with van der Waals surface area (Å²) >= 11 is 0. The number of pyridine rings is 2. The number of nitrogens with one attached hydrogen (secondary N) is 1. The number of aromatic nitrogens is 3. The number of hydrogen-bond acceptors (Lipinski definition) is 9. The average molecular weight is 808 g/mol. The van der Waals surface area contributed by atoms with Gasteiger partial charge in [0.1, 0.15) is 17.9 Å². The highest BCUT2D eigenvalue weighted by molar-refractivity contribution is 6.23. The summed E-state index contributed by atoms with van der Waals surface area (Å²) in [7, 11) is 4.33. The summed E-state index contributed by atoms with van der Waals surface area (Å²) in [5.74, 6) is -0.00480. The zero-order valence-corrected chi connectivity index (χ0v) is 34.1. The largest absolute Gasteiger partial charge is 0.494 e. The number of imide groups is 1. The van der Waals surface area contributed by atoms with Gasteiger partial charge in [-0.2, -0.15) is 0 Å². The Kier molecular flexibility index (Phi) is 9.46. The normalized spacial score (nSPS) is 22.2. The van der Waals surface area contributed by atoms with E-state index in [4.69, 9.17) is 9.47 Å². The van der Waals surface area contributed by atoms with E-state index in [1.54, 1.807) is 18.2 Å². The smallest absolute Gasteiger partial charge is 0.262 e. The van der Waals surface area contributed by atoms with Gasteiger partial charge in [-0.25, -0.2) is 4.98 Å². The van der Waals surface area contributed by atoms with Gasteiger partial charge in [0, 0.05) is 109 Å². The molecule has 4 amide bonds. The molecule has 308 valence electrons. The third-order valence-electron chi connectivity index (χ3n) is 13.7. The lowest BCUT2D eigenvalue weighted by Crippen LogP contribution is -2.68. The van der Waals surface area contributed by atoms with E-state index < -0.39 is 23.8 Å². The Morgan fingerprint density at radius 2 is 1.72 bits per heavy atom. The number of rotatable bonds is 12. The van der Waals surface area contributed by atoms with Gasteiger partial charge < -0.3 is 29.2 Å². The fourth-order valence-corrected chi connectivity index (χ4v) is 10.1. The molecule has 6 heterocycles. The number of carbonyl (C=O) groups excluding carboxylic acids is 4. The van der Waals surface area contributed by atoms with Crippen LogP contribution in [-0.4, -0.2) is 104 Å². The molecular formula is C47H49N7O6. The Hall–Kier alpha value is -6.08. The Bertz CT molecular complexity index is 2560. The number of likely N-dealkylation sites (tertiary alicyclic amines) is 1. The predicted octanol–water partition coefficient (Wildman–Crippen LogP) is 6.26. The molecule has 1 unspecified atom stereocenters. The Balaban J connectivity index is 0.620. The summed E-state index contributed by atoms with van der Waals surface area (Å²) in [5, 5.41) is 5.00. The number of piperidine rings is 1. The van der Waals surface area contributed by atoms with E-state index in [0.29, 0.717) is 68.1 Å². The summed E-state index contributed by atoms with van der Waals surface area (Å²) in [6, 6.07) is 17.7. The summed E-state index contributed by atoms with van der Waals surface area (Å²) in [6.07, 6.45) is 12.8. The van der Waals surface area contributed by atoms with Gasteiger partial charge in [-0.1, -0.05) is 18.7 Å². The fraction of sp³-hybridized carbons (Fsp3) is 0.404. The molecular weight excluding hydrogens is 759 g/mol. The van der Waals surface area contributed by atoms with Gasteiger partial charge in [-0.05, 0) is 87.5 Å². The number of allylic oxidation sites excluding steroid dienone is 1. The number of benzene rings is 2. The highest BCUT2D eigenvalue weighted by Gasteiger charge is 2.55. The first-order valence-corrected chi connectivity index (χ1v) is 21.1. The molecule has 2 saturated carbocycles. The predicted molar refractivity (Wildman–Crippen MR) is 225 cm³/mol. The molecule has 1 N–H and O–H groups in total. The SMILES string of the molecule is C=C1CCC(N2C(=O)c3ccc(OCCCCC(=O)N4CC5(CC(N(C)C6CC(Oc7ccc(-c8ccc9c%10cnccc%10n(C)c9c8)cn7)C6)C5)C4)cc3C2=O)C(=O)N1. The second-order valence-electron chi connectivity index (χ2n) is 17.6. The zero-order chi connectivity index (χ0) is 41.3. The van der Waals surface area contributed by atoms with Crippen molar-refractivity contribution in [3.05, 3.63) is 96.6 Å². The van der Waals surface area contributed by atoms with Crippen molar-refractivity contribution in [2.45, 2.75) is 82.0 Å². The van der Waals surface area contributed by atoms with Crippen LogP contribution in [0.25, 0.3) is 32.9 Å². The van der Waals surface area contributed by atoms with Crippen LogP contribution in [0.3, 0.4) is 0 Å². The van der Waals surface area contributed by atoms with Gasteiger partial charge in [-0.15, -0.1) is 0 Å². The van der Waals surface area contributed by atoms with Crippen LogP contribution in [0.15, 0.2) is 85.5 Å². The first kappa shape index (κ1) is 38.1. The maximum atomic E-state index is 13.2. The zero-order valence-electron chi connectivity index (χ0n) is 34.1. The molecule has 3 aromatic heterocycles. The molecule has 0 bridgehead atoms. The van der Waals surface area contributed by atoms with Gasteiger partial charge in [0.05, 0.1) is 23.3 Å². The van der Waals surface area contributed by atoms with Gasteiger partial charge in [0.25, 0.3) is 11.8 Å². The second-order valence-corrected chi connectivity index (χ2v) is 17.6. The van der Waals surface area contributed by atoms with E-state index in [1.807, 2.05) is 29.6 Å². The Morgan fingerprint density at radius 1 is 0.917 bits per heavy atom. The van der Waals surface area contributed by atoms with Crippen LogP contribution in [0.5, 0.6) is 11.6 Å². The Morgan fingerprint density at radius 3 is 2.50 bits per heavy atom. The van der Waals surface area contributed by atoms with Gasteiger partial charge >= 0.3 is 0 Å². The third kappa shape index (κ3) is 6.68. The topological polar surface area (TPSA) is 139 Å². The van der Waals surface area contributed by atoms with Crippen LogP contribution in [0, 0.1) is 5.41 Å². The summed E-state index contributed by atoms with van der Waals surface area (Å²) in [4.78, 5) is 66.2. The van der Waals surface area contributed by atoms with Crippen molar-refractivity contribution >= 4 is 45.4 Å². The maximum absolute atomic E-state index is 13.2. The first-order valence-electron chi connectivity index (χ1n) is 21.1. The van der Waals surface area contributed by atoms with Gasteiger partial charge in [0.2, 0.25) is 17.7 Å². The van der Waals surface area contributed by atoms with Crippen molar-refractivity contribution < 1.29 is 28.7 Å². The van der Waals surface area contributed by atoms with Crippen molar-refractivity contribution in [3.8, 4) is 22.8 Å². The minimum atomic E-state index is -0.849. The van der Waals surface area contributed by atoms with Crippen LogP contribution < -0.4 is 14.8 Å². The molecule has 1 atom stereocenters. The average Bonchev–Trinajstić information content (AvgIpc) is 3.62. The lowest BCUT2D eigenvalue weighted by molar-refractivity contribution is -0.160. The molecule has 10 rings (SSSR count). The van der Waals surface area contributed by atoms with Crippen molar-refractivity contribution in [3.63, 3.8) is 0 Å². The van der Waals surface area contributed by atoms with E-state index >= 15 is 0 Å². The minimum absolute atomic E-state index is 0.167. The number of aryl methyl sites for hydroxylation is 1. The van der Waals surface area contributed by atoms with Gasteiger partial charge in [-0.3, -0.25) is 29.1 Å². The molecule has 13 heteroatoms. The van der Waals surface area contributed by atoms with E-state index in [1.165, 1.54) is 16.4 Å². The number of amides is 4. The minimum Gasteiger partial charge on any atom is -0.494 e. The van der Waals surface area contributed by atoms with E-state index in [9.17, 15) is 19.2 Å². The lowest BCUT2D eigenvalue weighted by Gasteiger charge is -2.62. The van der Waals surface area contributed by atoms with Crippen LogP contribution >= 0.6 is 0 Å². The van der Waals surface area contributed by atoms with Crippen LogP contribution in [-0.2, 0) is 16.6 Å². The summed E-state index contributed by atoms with van der Waals surface area (Å²) in [6.45, 7) is 5.84. The third-order valence-corrected chi connectivity index (χ3v) is 13.7. The molecule has 2 aromatic carbocycles. The first-order chi connectivity index (χ1) is 29.0. The second kappa shape index (κ2) is 14.9. The van der Waals surface area contributed by atoms with Crippen molar-refractivity contribution in [1.29, 1.82) is 0 Å². The van der Waals surface area contributed by atoms with E-state index in [2.05, 4.69) is 75.8 Å². The van der Waals surface area contributed by atoms with Crippen LogP contribution in [0.4, 0.5) is 0 Å². The molecule has 3 aliphatic heterocycles.